The van der Waals surface area contributed by atoms with Crippen molar-refractivity contribution >= 4 is 0 Å². The zero-order valence-electron chi connectivity index (χ0n) is 9.80. The van der Waals surface area contributed by atoms with Gasteiger partial charge in [-0.1, -0.05) is 51.3 Å². The van der Waals surface area contributed by atoms with Crippen LogP contribution in [0.4, 0.5) is 4.39 Å². The second-order valence-corrected chi connectivity index (χ2v) is 4.12. The molecule has 84 valence electrons. The highest BCUT2D eigenvalue weighted by atomic mass is 19.1. The summed E-state index contributed by atoms with van der Waals surface area (Å²) >= 11 is 0. The van der Waals surface area contributed by atoms with Gasteiger partial charge in [-0.15, -0.1) is 0 Å². The van der Waals surface area contributed by atoms with E-state index in [4.69, 9.17) is 0 Å². The Labute approximate surface area is 92.5 Å². The monoisotopic (exact) mass is 208 g/mol. The van der Waals surface area contributed by atoms with E-state index in [0.717, 1.165) is 18.4 Å². The highest BCUT2D eigenvalue weighted by molar-refractivity contribution is 5.21. The largest absolute Gasteiger partial charge is 0.207 e. The number of halogens is 1. The Kier molecular flexibility index (Phi) is 5.38. The lowest BCUT2D eigenvalue weighted by molar-refractivity contribution is 0.518. The summed E-state index contributed by atoms with van der Waals surface area (Å²) in [5.41, 5.74) is 0.899. The van der Waals surface area contributed by atoms with Crippen LogP contribution in [0.1, 0.15) is 57.4 Å². The van der Waals surface area contributed by atoms with Crippen molar-refractivity contribution in [3.63, 3.8) is 0 Å². The SMILES string of the molecule is CCCCCC(CC)c1ccccc1F. The smallest absolute Gasteiger partial charge is 0.126 e. The Morgan fingerprint density at radius 1 is 1.13 bits per heavy atom. The first kappa shape index (κ1) is 12.2. The van der Waals surface area contributed by atoms with Crippen LogP contribution in [0.5, 0.6) is 0 Å². The van der Waals surface area contributed by atoms with E-state index in [-0.39, 0.29) is 5.82 Å². The molecule has 1 unspecified atom stereocenters. The number of hydrogen-bond donors (Lipinski definition) is 0. The predicted molar refractivity (Wildman–Crippen MR) is 63.6 cm³/mol. The van der Waals surface area contributed by atoms with Gasteiger partial charge in [0.05, 0.1) is 0 Å². The van der Waals surface area contributed by atoms with E-state index >= 15 is 0 Å². The van der Waals surface area contributed by atoms with Gasteiger partial charge < -0.3 is 0 Å². The number of hydrogen-bond acceptors (Lipinski definition) is 0. The molecular weight excluding hydrogens is 187 g/mol. The Morgan fingerprint density at radius 3 is 2.47 bits per heavy atom. The van der Waals surface area contributed by atoms with Crippen LogP contribution >= 0.6 is 0 Å². The molecule has 1 rings (SSSR count). The molecule has 1 aromatic carbocycles. The minimum absolute atomic E-state index is 0.0409. The summed E-state index contributed by atoms with van der Waals surface area (Å²) in [7, 11) is 0. The quantitative estimate of drug-likeness (QED) is 0.583. The van der Waals surface area contributed by atoms with Crippen LogP contribution < -0.4 is 0 Å². The average Bonchev–Trinajstić information content (AvgIpc) is 2.26. The molecule has 0 saturated heterocycles. The van der Waals surface area contributed by atoms with Crippen molar-refractivity contribution in [3.8, 4) is 0 Å². The van der Waals surface area contributed by atoms with Gasteiger partial charge in [0, 0.05) is 0 Å². The first-order valence-electron chi connectivity index (χ1n) is 6.04. The molecule has 0 fully saturated rings. The summed E-state index contributed by atoms with van der Waals surface area (Å²) in [5.74, 6) is 0.360. The van der Waals surface area contributed by atoms with Crippen LogP contribution in [0.3, 0.4) is 0 Å². The summed E-state index contributed by atoms with van der Waals surface area (Å²) < 4.78 is 13.5. The number of benzene rings is 1. The van der Waals surface area contributed by atoms with Crippen LogP contribution in [0, 0.1) is 5.82 Å². The van der Waals surface area contributed by atoms with E-state index in [9.17, 15) is 4.39 Å². The molecule has 1 heteroatoms. The maximum absolute atomic E-state index is 13.5. The zero-order chi connectivity index (χ0) is 11.1. The maximum Gasteiger partial charge on any atom is 0.126 e. The first-order valence-corrected chi connectivity index (χ1v) is 6.04. The van der Waals surface area contributed by atoms with Gasteiger partial charge in [0.2, 0.25) is 0 Å². The Morgan fingerprint density at radius 2 is 1.87 bits per heavy atom. The van der Waals surface area contributed by atoms with Crippen molar-refractivity contribution in [1.29, 1.82) is 0 Å². The molecule has 0 nitrogen and oxygen atoms in total. The summed E-state index contributed by atoms with van der Waals surface area (Å²) in [6.45, 7) is 4.34. The molecule has 0 aromatic heterocycles. The summed E-state index contributed by atoms with van der Waals surface area (Å²) in [6, 6.07) is 7.19. The first-order chi connectivity index (χ1) is 7.29. The van der Waals surface area contributed by atoms with Gasteiger partial charge in [-0.05, 0) is 30.4 Å². The molecular formula is C14H21F. The third-order valence-corrected chi connectivity index (χ3v) is 2.99. The van der Waals surface area contributed by atoms with E-state index in [2.05, 4.69) is 13.8 Å². The Hall–Kier alpha value is -0.850. The lowest BCUT2D eigenvalue weighted by Crippen LogP contribution is -2.00. The molecule has 0 aliphatic carbocycles. The third-order valence-electron chi connectivity index (χ3n) is 2.99. The van der Waals surface area contributed by atoms with Gasteiger partial charge in [0.15, 0.2) is 0 Å². The van der Waals surface area contributed by atoms with Gasteiger partial charge in [-0.3, -0.25) is 0 Å². The van der Waals surface area contributed by atoms with E-state index in [0.29, 0.717) is 5.92 Å². The van der Waals surface area contributed by atoms with Crippen molar-refractivity contribution < 1.29 is 4.39 Å². The minimum Gasteiger partial charge on any atom is -0.207 e. The van der Waals surface area contributed by atoms with Gasteiger partial charge in [0.25, 0.3) is 0 Å². The van der Waals surface area contributed by atoms with E-state index in [1.807, 2.05) is 12.1 Å². The van der Waals surface area contributed by atoms with Crippen molar-refractivity contribution in [1.82, 2.24) is 0 Å². The molecule has 0 spiro atoms. The van der Waals surface area contributed by atoms with Crippen LogP contribution in [0.2, 0.25) is 0 Å². The fourth-order valence-electron chi connectivity index (χ4n) is 2.03. The molecule has 1 aromatic rings. The Bertz CT molecular complexity index is 280. The van der Waals surface area contributed by atoms with Gasteiger partial charge in [-0.2, -0.15) is 0 Å². The molecule has 0 N–H and O–H groups in total. The maximum atomic E-state index is 13.5. The second-order valence-electron chi connectivity index (χ2n) is 4.12. The van der Waals surface area contributed by atoms with Crippen molar-refractivity contribution in [2.75, 3.05) is 0 Å². The Balaban J connectivity index is 2.61. The summed E-state index contributed by atoms with van der Waals surface area (Å²) in [6.07, 6.45) is 5.85. The minimum atomic E-state index is -0.0409. The fraction of sp³-hybridized carbons (Fsp3) is 0.571. The van der Waals surface area contributed by atoms with E-state index < -0.39 is 0 Å². The summed E-state index contributed by atoms with van der Waals surface area (Å²) in [4.78, 5) is 0. The molecule has 0 amide bonds. The molecule has 0 radical (unpaired) electrons. The lowest BCUT2D eigenvalue weighted by Gasteiger charge is -2.15. The third kappa shape index (κ3) is 3.65. The topological polar surface area (TPSA) is 0 Å². The van der Waals surface area contributed by atoms with Crippen LogP contribution in [-0.2, 0) is 0 Å². The lowest BCUT2D eigenvalue weighted by atomic mass is 9.91. The van der Waals surface area contributed by atoms with Crippen molar-refractivity contribution in [3.05, 3.63) is 35.6 Å². The average molecular weight is 208 g/mol. The predicted octanol–water partition coefficient (Wildman–Crippen LogP) is 4.90. The molecule has 0 saturated carbocycles. The van der Waals surface area contributed by atoms with Crippen molar-refractivity contribution in [2.24, 2.45) is 0 Å². The van der Waals surface area contributed by atoms with Crippen LogP contribution in [0.25, 0.3) is 0 Å². The van der Waals surface area contributed by atoms with Gasteiger partial charge in [-0.25, -0.2) is 4.39 Å². The summed E-state index contributed by atoms with van der Waals surface area (Å²) in [5, 5.41) is 0. The highest BCUT2D eigenvalue weighted by Crippen LogP contribution is 2.27. The molecule has 15 heavy (non-hydrogen) atoms. The normalized spacial score (nSPS) is 12.7. The molecule has 0 aliphatic rings. The molecule has 0 aliphatic heterocycles. The number of rotatable bonds is 6. The van der Waals surface area contributed by atoms with Gasteiger partial charge in [0.1, 0.15) is 5.82 Å². The fourth-order valence-corrected chi connectivity index (χ4v) is 2.03. The van der Waals surface area contributed by atoms with Gasteiger partial charge >= 0.3 is 0 Å². The molecule has 0 heterocycles. The van der Waals surface area contributed by atoms with Crippen LogP contribution in [-0.4, -0.2) is 0 Å². The number of unbranched alkanes of at least 4 members (excludes halogenated alkanes) is 2. The van der Waals surface area contributed by atoms with Crippen molar-refractivity contribution in [2.45, 2.75) is 51.9 Å². The standard InChI is InChI=1S/C14H21F/c1-3-5-6-9-12(4-2)13-10-7-8-11-14(13)15/h7-8,10-12H,3-6,9H2,1-2H3. The highest BCUT2D eigenvalue weighted by Gasteiger charge is 2.12. The molecule has 1 atom stereocenters. The van der Waals surface area contributed by atoms with E-state index in [1.165, 1.54) is 19.3 Å². The molecule has 0 bridgehead atoms. The van der Waals surface area contributed by atoms with E-state index in [1.54, 1.807) is 12.1 Å². The van der Waals surface area contributed by atoms with Crippen LogP contribution in [0.15, 0.2) is 24.3 Å². The zero-order valence-corrected chi connectivity index (χ0v) is 9.80. The second kappa shape index (κ2) is 6.60.